The van der Waals surface area contributed by atoms with E-state index in [-0.39, 0.29) is 25.0 Å². The van der Waals surface area contributed by atoms with Gasteiger partial charge in [-0.25, -0.2) is 4.79 Å². The fraction of sp³-hybridized carbons (Fsp3) is 0.700. The zero-order valence-electron chi connectivity index (χ0n) is 9.56. The lowest BCUT2D eigenvalue weighted by molar-refractivity contribution is -0.138. The first-order valence-electron chi connectivity index (χ1n) is 5.43. The molecule has 0 bridgehead atoms. The van der Waals surface area contributed by atoms with Crippen LogP contribution in [0.25, 0.3) is 0 Å². The Morgan fingerprint density at radius 1 is 1.35 bits per heavy atom. The van der Waals surface area contributed by atoms with Crippen molar-refractivity contribution in [2.45, 2.75) is 38.3 Å². The third-order valence-corrected chi connectivity index (χ3v) is 2.51. The minimum atomic E-state index is -1.07. The Morgan fingerprint density at radius 3 is 2.59 bits per heavy atom. The maximum atomic E-state index is 11.4. The van der Waals surface area contributed by atoms with E-state index in [1.54, 1.807) is 0 Å². The molecule has 1 rings (SSSR count). The predicted octanol–water partition coefficient (Wildman–Crippen LogP) is -0.146. The molecule has 2 atom stereocenters. The highest BCUT2D eigenvalue weighted by Gasteiger charge is 2.25. The number of aliphatic carboxylic acids is 1. The first kappa shape index (κ1) is 13.4. The highest BCUT2D eigenvalue weighted by molar-refractivity contribution is 5.95. The van der Waals surface area contributed by atoms with Crippen molar-refractivity contribution in [1.29, 1.82) is 0 Å². The van der Waals surface area contributed by atoms with Crippen molar-refractivity contribution < 1.29 is 24.2 Å². The van der Waals surface area contributed by atoms with Crippen LogP contribution in [-0.2, 0) is 14.3 Å². The zero-order chi connectivity index (χ0) is 12.8. The average molecular weight is 244 g/mol. The van der Waals surface area contributed by atoms with Crippen molar-refractivity contribution in [3.8, 4) is 0 Å². The summed E-state index contributed by atoms with van der Waals surface area (Å²) in [7, 11) is 0. The minimum Gasteiger partial charge on any atom is -0.481 e. The lowest BCUT2D eigenvalue weighted by Gasteiger charge is -2.15. The molecule has 3 amide bonds. The standard InChI is InChI=1S/C10H16N2O5/c1-6-7(4-5-17-6)11-10(16)12-8(13)2-3-9(14)15/h6-7H,2-5H2,1H3,(H,14,15)(H2,11,12,13,16). The van der Waals surface area contributed by atoms with Gasteiger partial charge in [-0.2, -0.15) is 0 Å². The number of urea groups is 1. The maximum absolute atomic E-state index is 11.4. The largest absolute Gasteiger partial charge is 0.481 e. The number of carboxylic acid groups (broad SMARTS) is 1. The van der Waals surface area contributed by atoms with Gasteiger partial charge in [0.15, 0.2) is 0 Å². The highest BCUT2D eigenvalue weighted by Crippen LogP contribution is 2.12. The van der Waals surface area contributed by atoms with Crippen LogP contribution in [0, 0.1) is 0 Å². The molecule has 0 spiro atoms. The van der Waals surface area contributed by atoms with E-state index in [0.717, 1.165) is 0 Å². The van der Waals surface area contributed by atoms with Gasteiger partial charge in [-0.3, -0.25) is 14.9 Å². The van der Waals surface area contributed by atoms with E-state index in [0.29, 0.717) is 13.0 Å². The molecular formula is C10H16N2O5. The summed E-state index contributed by atoms with van der Waals surface area (Å²) < 4.78 is 5.25. The number of imide groups is 1. The molecule has 0 radical (unpaired) electrons. The van der Waals surface area contributed by atoms with Gasteiger partial charge in [0.05, 0.1) is 18.6 Å². The third kappa shape index (κ3) is 4.81. The maximum Gasteiger partial charge on any atom is 0.321 e. The molecule has 2 unspecified atom stereocenters. The van der Waals surface area contributed by atoms with Crippen LogP contribution in [0.5, 0.6) is 0 Å². The molecule has 0 aromatic carbocycles. The van der Waals surface area contributed by atoms with Gasteiger partial charge in [-0.05, 0) is 13.3 Å². The topological polar surface area (TPSA) is 105 Å². The summed E-state index contributed by atoms with van der Waals surface area (Å²) in [6.07, 6.45) is 0.134. The van der Waals surface area contributed by atoms with Gasteiger partial charge in [0.2, 0.25) is 5.91 Å². The number of carbonyl (C=O) groups is 3. The van der Waals surface area contributed by atoms with Crippen LogP contribution in [0.1, 0.15) is 26.2 Å². The smallest absolute Gasteiger partial charge is 0.321 e. The molecule has 96 valence electrons. The van der Waals surface area contributed by atoms with Crippen LogP contribution in [0.4, 0.5) is 4.79 Å². The average Bonchev–Trinajstić information content (AvgIpc) is 2.61. The molecule has 0 aliphatic carbocycles. The molecule has 1 aliphatic heterocycles. The Kier molecular flexibility index (Phi) is 4.89. The lowest BCUT2D eigenvalue weighted by atomic mass is 10.2. The van der Waals surface area contributed by atoms with E-state index >= 15 is 0 Å². The Bertz CT molecular complexity index is 318. The Hall–Kier alpha value is -1.63. The first-order valence-corrected chi connectivity index (χ1v) is 5.43. The Balaban J connectivity index is 2.24. The van der Waals surface area contributed by atoms with Gasteiger partial charge in [0, 0.05) is 13.0 Å². The van der Waals surface area contributed by atoms with Gasteiger partial charge in [-0.1, -0.05) is 0 Å². The SMILES string of the molecule is CC1OCCC1NC(=O)NC(=O)CCC(=O)O. The Morgan fingerprint density at radius 2 is 2.06 bits per heavy atom. The number of nitrogens with one attached hydrogen (secondary N) is 2. The van der Waals surface area contributed by atoms with Crippen molar-refractivity contribution in [2.24, 2.45) is 0 Å². The third-order valence-electron chi connectivity index (χ3n) is 2.51. The fourth-order valence-electron chi connectivity index (χ4n) is 1.54. The summed E-state index contributed by atoms with van der Waals surface area (Å²) in [4.78, 5) is 32.7. The molecular weight excluding hydrogens is 228 g/mol. The van der Waals surface area contributed by atoms with E-state index in [1.807, 2.05) is 6.92 Å². The Labute approximate surface area is 98.5 Å². The quantitative estimate of drug-likeness (QED) is 0.638. The summed E-state index contributed by atoms with van der Waals surface area (Å²) in [5.41, 5.74) is 0. The number of amides is 3. The van der Waals surface area contributed by atoms with Crippen LogP contribution in [-0.4, -0.2) is 41.8 Å². The highest BCUT2D eigenvalue weighted by atomic mass is 16.5. The zero-order valence-corrected chi connectivity index (χ0v) is 9.56. The summed E-state index contributed by atoms with van der Waals surface area (Å²) in [5, 5.41) is 13.0. The van der Waals surface area contributed by atoms with E-state index in [2.05, 4.69) is 10.6 Å². The molecule has 7 heteroatoms. The van der Waals surface area contributed by atoms with Gasteiger partial charge < -0.3 is 15.2 Å². The number of carboxylic acids is 1. The van der Waals surface area contributed by atoms with Crippen molar-refractivity contribution in [3.63, 3.8) is 0 Å². The number of hydrogen-bond donors (Lipinski definition) is 3. The van der Waals surface area contributed by atoms with Crippen molar-refractivity contribution in [2.75, 3.05) is 6.61 Å². The monoisotopic (exact) mass is 244 g/mol. The number of ether oxygens (including phenoxy) is 1. The molecule has 1 saturated heterocycles. The molecule has 1 heterocycles. The second-order valence-electron chi connectivity index (χ2n) is 3.89. The van der Waals surface area contributed by atoms with Crippen molar-refractivity contribution in [1.82, 2.24) is 10.6 Å². The van der Waals surface area contributed by atoms with E-state index in [4.69, 9.17) is 9.84 Å². The van der Waals surface area contributed by atoms with Gasteiger partial charge in [0.1, 0.15) is 0 Å². The lowest BCUT2D eigenvalue weighted by Crippen LogP contribution is -2.46. The predicted molar refractivity (Wildman–Crippen MR) is 57.4 cm³/mol. The van der Waals surface area contributed by atoms with E-state index in [9.17, 15) is 14.4 Å². The summed E-state index contributed by atoms with van der Waals surface area (Å²) in [6.45, 7) is 2.42. The van der Waals surface area contributed by atoms with Crippen LogP contribution in [0.3, 0.4) is 0 Å². The van der Waals surface area contributed by atoms with Crippen molar-refractivity contribution >= 4 is 17.9 Å². The van der Waals surface area contributed by atoms with Crippen LogP contribution < -0.4 is 10.6 Å². The summed E-state index contributed by atoms with van der Waals surface area (Å²) in [6, 6.07) is -0.718. The molecule has 1 aliphatic rings. The van der Waals surface area contributed by atoms with Gasteiger partial charge >= 0.3 is 12.0 Å². The summed E-state index contributed by atoms with van der Waals surface area (Å²) in [5.74, 6) is -1.67. The number of carbonyl (C=O) groups excluding carboxylic acids is 2. The molecule has 0 aromatic heterocycles. The molecule has 1 fully saturated rings. The molecule has 7 nitrogen and oxygen atoms in total. The van der Waals surface area contributed by atoms with E-state index < -0.39 is 17.9 Å². The number of rotatable bonds is 4. The second kappa shape index (κ2) is 6.19. The summed E-state index contributed by atoms with van der Waals surface area (Å²) >= 11 is 0. The van der Waals surface area contributed by atoms with Gasteiger partial charge in [0.25, 0.3) is 0 Å². The molecule has 0 saturated carbocycles. The molecule has 3 N–H and O–H groups in total. The minimum absolute atomic E-state index is 0.0742. The first-order chi connectivity index (χ1) is 7.99. The normalized spacial score (nSPS) is 23.1. The van der Waals surface area contributed by atoms with E-state index in [1.165, 1.54) is 0 Å². The van der Waals surface area contributed by atoms with Crippen LogP contribution >= 0.6 is 0 Å². The van der Waals surface area contributed by atoms with Gasteiger partial charge in [-0.15, -0.1) is 0 Å². The fourth-order valence-corrected chi connectivity index (χ4v) is 1.54. The van der Waals surface area contributed by atoms with Crippen LogP contribution in [0.15, 0.2) is 0 Å². The molecule has 0 aromatic rings. The number of hydrogen-bond acceptors (Lipinski definition) is 4. The molecule has 17 heavy (non-hydrogen) atoms. The second-order valence-corrected chi connectivity index (χ2v) is 3.89. The van der Waals surface area contributed by atoms with Crippen molar-refractivity contribution in [3.05, 3.63) is 0 Å². The van der Waals surface area contributed by atoms with Crippen LogP contribution in [0.2, 0.25) is 0 Å².